The molecule has 0 aromatic carbocycles. The van der Waals surface area contributed by atoms with E-state index in [0.717, 1.165) is 25.7 Å². The standard InChI is InChI=1S/C11H20N2O3/c1-13(8-5-3-2-4-6-8)11(16)9(12)7-10(14)15/h8-9H,2-7,12H2,1H3,(H,14,15). The summed E-state index contributed by atoms with van der Waals surface area (Å²) in [5.74, 6) is -1.29. The Kier molecular flexibility index (Phi) is 4.73. The fourth-order valence-electron chi connectivity index (χ4n) is 2.19. The Morgan fingerprint density at radius 1 is 1.38 bits per heavy atom. The van der Waals surface area contributed by atoms with Crippen LogP contribution in [-0.2, 0) is 9.59 Å². The molecule has 92 valence electrons. The maximum atomic E-state index is 11.8. The number of amides is 1. The molecule has 0 aromatic heterocycles. The predicted octanol–water partition coefficient (Wildman–Crippen LogP) is 0.579. The SMILES string of the molecule is CN(C(=O)C(N)CC(=O)O)C1CCCCC1. The van der Waals surface area contributed by atoms with Crippen LogP contribution in [-0.4, -0.2) is 41.0 Å². The average molecular weight is 228 g/mol. The lowest BCUT2D eigenvalue weighted by Gasteiger charge is -2.32. The number of nitrogens with zero attached hydrogens (tertiary/aromatic N) is 1. The van der Waals surface area contributed by atoms with Crippen molar-refractivity contribution in [2.45, 2.75) is 50.6 Å². The van der Waals surface area contributed by atoms with Crippen LogP contribution in [0.2, 0.25) is 0 Å². The number of nitrogens with two attached hydrogens (primary N) is 1. The van der Waals surface area contributed by atoms with Gasteiger partial charge in [0.25, 0.3) is 0 Å². The summed E-state index contributed by atoms with van der Waals surface area (Å²) in [6.07, 6.45) is 5.20. The van der Waals surface area contributed by atoms with Crippen LogP contribution in [0.3, 0.4) is 0 Å². The lowest BCUT2D eigenvalue weighted by Crippen LogP contribution is -2.47. The molecule has 0 spiro atoms. The first-order chi connectivity index (χ1) is 7.52. The predicted molar refractivity (Wildman–Crippen MR) is 59.9 cm³/mol. The zero-order valence-corrected chi connectivity index (χ0v) is 9.69. The molecule has 1 amide bonds. The maximum absolute atomic E-state index is 11.8. The Morgan fingerprint density at radius 3 is 2.44 bits per heavy atom. The van der Waals surface area contributed by atoms with Crippen molar-refractivity contribution in [3.63, 3.8) is 0 Å². The van der Waals surface area contributed by atoms with E-state index in [0.29, 0.717) is 0 Å². The highest BCUT2D eigenvalue weighted by Gasteiger charge is 2.26. The van der Waals surface area contributed by atoms with Gasteiger partial charge in [0.1, 0.15) is 0 Å². The zero-order chi connectivity index (χ0) is 12.1. The largest absolute Gasteiger partial charge is 0.481 e. The summed E-state index contributed by atoms with van der Waals surface area (Å²) < 4.78 is 0. The molecule has 0 aromatic rings. The van der Waals surface area contributed by atoms with Gasteiger partial charge in [0, 0.05) is 13.1 Å². The second kappa shape index (κ2) is 5.84. The Balaban J connectivity index is 2.48. The second-order valence-corrected chi connectivity index (χ2v) is 4.45. The fraction of sp³-hybridized carbons (Fsp3) is 0.818. The molecule has 3 N–H and O–H groups in total. The molecule has 1 unspecified atom stereocenters. The van der Waals surface area contributed by atoms with Crippen molar-refractivity contribution < 1.29 is 14.7 Å². The highest BCUT2D eigenvalue weighted by atomic mass is 16.4. The number of carboxylic acid groups (broad SMARTS) is 1. The van der Waals surface area contributed by atoms with Crippen LogP contribution in [0.25, 0.3) is 0 Å². The number of carboxylic acids is 1. The van der Waals surface area contributed by atoms with E-state index in [1.165, 1.54) is 6.42 Å². The Morgan fingerprint density at radius 2 is 1.94 bits per heavy atom. The summed E-state index contributed by atoms with van der Waals surface area (Å²) in [6.45, 7) is 0. The molecule has 1 aliphatic carbocycles. The molecule has 0 radical (unpaired) electrons. The van der Waals surface area contributed by atoms with E-state index in [9.17, 15) is 9.59 Å². The van der Waals surface area contributed by atoms with E-state index in [4.69, 9.17) is 10.8 Å². The van der Waals surface area contributed by atoms with Gasteiger partial charge >= 0.3 is 5.97 Å². The van der Waals surface area contributed by atoms with Gasteiger partial charge in [-0.15, -0.1) is 0 Å². The van der Waals surface area contributed by atoms with Crippen molar-refractivity contribution in [1.29, 1.82) is 0 Å². The number of carbonyl (C=O) groups excluding carboxylic acids is 1. The minimum atomic E-state index is -1.03. The lowest BCUT2D eigenvalue weighted by molar-refractivity contribution is -0.142. The summed E-state index contributed by atoms with van der Waals surface area (Å²) >= 11 is 0. The van der Waals surface area contributed by atoms with E-state index < -0.39 is 12.0 Å². The Hall–Kier alpha value is -1.10. The van der Waals surface area contributed by atoms with Crippen LogP contribution in [0.1, 0.15) is 38.5 Å². The average Bonchev–Trinajstić information content (AvgIpc) is 2.27. The van der Waals surface area contributed by atoms with Gasteiger partial charge in [-0.1, -0.05) is 19.3 Å². The maximum Gasteiger partial charge on any atom is 0.305 e. The van der Waals surface area contributed by atoms with Crippen LogP contribution in [0.5, 0.6) is 0 Å². The molecule has 0 bridgehead atoms. The lowest BCUT2D eigenvalue weighted by atomic mass is 9.94. The topological polar surface area (TPSA) is 83.6 Å². The van der Waals surface area contributed by atoms with Crippen molar-refractivity contribution in [3.8, 4) is 0 Å². The molecular weight excluding hydrogens is 208 g/mol. The van der Waals surface area contributed by atoms with E-state index in [1.54, 1.807) is 11.9 Å². The van der Waals surface area contributed by atoms with E-state index >= 15 is 0 Å². The molecule has 16 heavy (non-hydrogen) atoms. The molecule has 5 heteroatoms. The first-order valence-electron chi connectivity index (χ1n) is 5.76. The quantitative estimate of drug-likeness (QED) is 0.737. The molecule has 1 rings (SSSR count). The van der Waals surface area contributed by atoms with Crippen molar-refractivity contribution in [3.05, 3.63) is 0 Å². The van der Waals surface area contributed by atoms with Gasteiger partial charge in [-0.2, -0.15) is 0 Å². The Bertz CT molecular complexity index is 262. The third-order valence-corrected chi connectivity index (χ3v) is 3.18. The van der Waals surface area contributed by atoms with Gasteiger partial charge in [-0.25, -0.2) is 0 Å². The summed E-state index contributed by atoms with van der Waals surface area (Å²) in [6, 6.07) is -0.675. The molecule has 1 atom stereocenters. The normalized spacial score (nSPS) is 19.1. The number of hydrogen-bond acceptors (Lipinski definition) is 3. The van der Waals surface area contributed by atoms with Gasteiger partial charge in [-0.3, -0.25) is 9.59 Å². The van der Waals surface area contributed by atoms with Crippen LogP contribution >= 0.6 is 0 Å². The van der Waals surface area contributed by atoms with E-state index in [2.05, 4.69) is 0 Å². The number of carbonyl (C=O) groups is 2. The van der Waals surface area contributed by atoms with Gasteiger partial charge < -0.3 is 15.7 Å². The van der Waals surface area contributed by atoms with Gasteiger partial charge in [0.15, 0.2) is 0 Å². The van der Waals surface area contributed by atoms with Crippen LogP contribution in [0, 0.1) is 0 Å². The third-order valence-electron chi connectivity index (χ3n) is 3.18. The minimum Gasteiger partial charge on any atom is -0.481 e. The van der Waals surface area contributed by atoms with Gasteiger partial charge in [0.2, 0.25) is 5.91 Å². The smallest absolute Gasteiger partial charge is 0.305 e. The van der Waals surface area contributed by atoms with Gasteiger partial charge in [-0.05, 0) is 12.8 Å². The minimum absolute atomic E-state index is 0.237. The van der Waals surface area contributed by atoms with Crippen molar-refractivity contribution >= 4 is 11.9 Å². The molecule has 5 nitrogen and oxygen atoms in total. The summed E-state index contributed by atoms with van der Waals surface area (Å²) in [5.41, 5.74) is 5.55. The van der Waals surface area contributed by atoms with Gasteiger partial charge in [0.05, 0.1) is 12.5 Å². The van der Waals surface area contributed by atoms with Crippen molar-refractivity contribution in [1.82, 2.24) is 4.90 Å². The van der Waals surface area contributed by atoms with Crippen molar-refractivity contribution in [2.75, 3.05) is 7.05 Å². The van der Waals surface area contributed by atoms with Crippen LogP contribution in [0.4, 0.5) is 0 Å². The Labute approximate surface area is 95.6 Å². The van der Waals surface area contributed by atoms with Crippen LogP contribution in [0.15, 0.2) is 0 Å². The molecule has 1 fully saturated rings. The highest BCUT2D eigenvalue weighted by Crippen LogP contribution is 2.22. The van der Waals surface area contributed by atoms with Crippen LogP contribution < -0.4 is 5.73 Å². The zero-order valence-electron chi connectivity index (χ0n) is 9.69. The third kappa shape index (κ3) is 3.48. The molecule has 1 aliphatic rings. The number of likely N-dealkylation sites (N-methyl/N-ethyl adjacent to an activating group) is 1. The van der Waals surface area contributed by atoms with E-state index in [1.807, 2.05) is 0 Å². The first-order valence-corrected chi connectivity index (χ1v) is 5.76. The monoisotopic (exact) mass is 228 g/mol. The highest BCUT2D eigenvalue weighted by molar-refractivity contribution is 5.86. The second-order valence-electron chi connectivity index (χ2n) is 4.45. The molecule has 1 saturated carbocycles. The first kappa shape index (κ1) is 13.0. The molecule has 0 aliphatic heterocycles. The van der Waals surface area contributed by atoms with E-state index in [-0.39, 0.29) is 18.4 Å². The fourth-order valence-corrected chi connectivity index (χ4v) is 2.19. The summed E-state index contributed by atoms with van der Waals surface area (Å²) in [4.78, 5) is 23.9. The molecular formula is C11H20N2O3. The summed E-state index contributed by atoms with van der Waals surface area (Å²) in [7, 11) is 1.72. The number of rotatable bonds is 4. The number of aliphatic carboxylic acids is 1. The summed E-state index contributed by atoms with van der Waals surface area (Å²) in [5, 5.41) is 8.57. The van der Waals surface area contributed by atoms with Crippen molar-refractivity contribution in [2.24, 2.45) is 5.73 Å². The molecule has 0 saturated heterocycles. The molecule has 0 heterocycles. The number of hydrogen-bond donors (Lipinski definition) is 2.